The first-order valence-electron chi connectivity index (χ1n) is 5.29. The third-order valence-electron chi connectivity index (χ3n) is 1.97. The molecule has 0 aliphatic carbocycles. The number of amides is 1. The normalized spacial score (nSPS) is 10.9. The van der Waals surface area contributed by atoms with Gasteiger partial charge in [-0.15, -0.1) is 0 Å². The molecule has 0 radical (unpaired) electrons. The Morgan fingerprint density at radius 3 is 2.89 bits per heavy atom. The molecule has 0 saturated heterocycles. The monoisotopic (exact) mass is 268 g/mol. The van der Waals surface area contributed by atoms with Crippen molar-refractivity contribution >= 4 is 17.6 Å². The Bertz CT molecular complexity index is 534. The van der Waals surface area contributed by atoms with E-state index in [1.54, 1.807) is 6.92 Å². The number of aromatic amines is 1. The van der Waals surface area contributed by atoms with Gasteiger partial charge in [0, 0.05) is 11.8 Å². The lowest BCUT2D eigenvalue weighted by molar-refractivity contribution is -0.385. The molecule has 2 N–H and O–H groups in total. The van der Waals surface area contributed by atoms with E-state index >= 15 is 0 Å². The molecular formula is C10H12N4O5. The van der Waals surface area contributed by atoms with E-state index < -0.39 is 22.5 Å². The smallest absolute Gasteiger partial charge is 0.332 e. The topological polar surface area (TPSA) is 127 Å². The van der Waals surface area contributed by atoms with Gasteiger partial charge < -0.3 is 10.1 Å². The predicted octanol–water partition coefficient (Wildman–Crippen LogP) is 0.515. The van der Waals surface area contributed by atoms with E-state index in [4.69, 9.17) is 0 Å². The van der Waals surface area contributed by atoms with Crippen LogP contribution in [0.3, 0.4) is 0 Å². The average molecular weight is 268 g/mol. The number of allylic oxidation sites excluding steroid dienone is 1. The van der Waals surface area contributed by atoms with Gasteiger partial charge in [-0.25, -0.2) is 4.79 Å². The number of carbonyl (C=O) groups is 2. The predicted molar refractivity (Wildman–Crippen MR) is 63.1 cm³/mol. The van der Waals surface area contributed by atoms with E-state index in [-0.39, 0.29) is 18.0 Å². The van der Waals surface area contributed by atoms with Crippen molar-refractivity contribution in [2.45, 2.75) is 13.8 Å². The highest BCUT2D eigenvalue weighted by Gasteiger charge is 2.22. The molecule has 0 spiro atoms. The molecule has 1 heterocycles. The SMILES string of the molecule is CCOC(=O)/C=C(\C)NC(=O)c1[nH]ncc1[N+](=O)[O-]. The van der Waals surface area contributed by atoms with Crippen molar-refractivity contribution in [1.82, 2.24) is 15.5 Å². The highest BCUT2D eigenvalue weighted by atomic mass is 16.6. The average Bonchev–Trinajstić information content (AvgIpc) is 2.77. The molecule has 9 nitrogen and oxygen atoms in total. The van der Waals surface area contributed by atoms with Gasteiger partial charge in [-0.2, -0.15) is 5.10 Å². The Morgan fingerprint density at radius 1 is 1.63 bits per heavy atom. The van der Waals surface area contributed by atoms with Crippen molar-refractivity contribution in [3.05, 3.63) is 33.8 Å². The second-order valence-corrected chi connectivity index (χ2v) is 3.42. The summed E-state index contributed by atoms with van der Waals surface area (Å²) in [5.41, 5.74) is -0.532. The van der Waals surface area contributed by atoms with Gasteiger partial charge in [0.1, 0.15) is 6.20 Å². The number of nitrogens with zero attached hydrogens (tertiary/aromatic N) is 2. The van der Waals surface area contributed by atoms with Crippen LogP contribution in [0.1, 0.15) is 24.3 Å². The number of esters is 1. The number of aromatic nitrogens is 2. The summed E-state index contributed by atoms with van der Waals surface area (Å²) in [4.78, 5) is 32.7. The number of carbonyl (C=O) groups excluding carboxylic acids is 2. The Labute approximate surface area is 107 Å². The van der Waals surface area contributed by atoms with Crippen LogP contribution in [0.25, 0.3) is 0 Å². The Morgan fingerprint density at radius 2 is 2.32 bits per heavy atom. The van der Waals surface area contributed by atoms with E-state index in [1.165, 1.54) is 6.92 Å². The molecule has 0 aromatic carbocycles. The minimum atomic E-state index is -0.762. The summed E-state index contributed by atoms with van der Waals surface area (Å²) in [5, 5.41) is 18.6. The number of nitrogens with one attached hydrogen (secondary N) is 2. The zero-order chi connectivity index (χ0) is 14.4. The summed E-state index contributed by atoms with van der Waals surface area (Å²) < 4.78 is 4.65. The lowest BCUT2D eigenvalue weighted by atomic mass is 10.3. The number of H-pyrrole nitrogens is 1. The van der Waals surface area contributed by atoms with Crippen LogP contribution in [0, 0.1) is 10.1 Å². The van der Waals surface area contributed by atoms with Gasteiger partial charge in [-0.3, -0.25) is 20.0 Å². The third kappa shape index (κ3) is 3.91. The number of nitro groups is 1. The zero-order valence-electron chi connectivity index (χ0n) is 10.3. The Kier molecular flexibility index (Phi) is 4.75. The first-order valence-corrected chi connectivity index (χ1v) is 5.29. The van der Waals surface area contributed by atoms with Crippen LogP contribution in [0.15, 0.2) is 18.0 Å². The van der Waals surface area contributed by atoms with Crippen molar-refractivity contribution in [3.63, 3.8) is 0 Å². The molecule has 0 aliphatic heterocycles. The number of ether oxygens (including phenoxy) is 1. The second-order valence-electron chi connectivity index (χ2n) is 3.42. The van der Waals surface area contributed by atoms with E-state index in [1.807, 2.05) is 0 Å². The Hall–Kier alpha value is -2.71. The summed E-state index contributed by atoms with van der Waals surface area (Å²) >= 11 is 0. The minimum Gasteiger partial charge on any atom is -0.463 e. The van der Waals surface area contributed by atoms with Crippen LogP contribution < -0.4 is 5.32 Å². The summed E-state index contributed by atoms with van der Waals surface area (Å²) in [7, 11) is 0. The van der Waals surface area contributed by atoms with Crippen molar-refractivity contribution < 1.29 is 19.2 Å². The van der Waals surface area contributed by atoms with Gasteiger partial charge in [0.05, 0.1) is 11.5 Å². The molecule has 19 heavy (non-hydrogen) atoms. The van der Waals surface area contributed by atoms with Gasteiger partial charge in [0.15, 0.2) is 0 Å². The van der Waals surface area contributed by atoms with Crippen LogP contribution in [0.5, 0.6) is 0 Å². The quantitative estimate of drug-likeness (QED) is 0.346. The van der Waals surface area contributed by atoms with Crippen molar-refractivity contribution in [3.8, 4) is 0 Å². The number of hydrogen-bond donors (Lipinski definition) is 2. The fourth-order valence-corrected chi connectivity index (χ4v) is 1.22. The third-order valence-corrected chi connectivity index (χ3v) is 1.97. The fraction of sp³-hybridized carbons (Fsp3) is 0.300. The molecule has 0 saturated carbocycles. The summed E-state index contributed by atoms with van der Waals surface area (Å²) in [5.74, 6) is -1.37. The molecular weight excluding hydrogens is 256 g/mol. The summed E-state index contributed by atoms with van der Waals surface area (Å²) in [6.45, 7) is 3.31. The lowest BCUT2D eigenvalue weighted by Gasteiger charge is -2.03. The van der Waals surface area contributed by atoms with Crippen molar-refractivity contribution in [1.29, 1.82) is 0 Å². The summed E-state index contributed by atoms with van der Waals surface area (Å²) in [6.07, 6.45) is 2.00. The molecule has 1 aromatic rings. The van der Waals surface area contributed by atoms with Crippen LogP contribution in [0.2, 0.25) is 0 Å². The first-order chi connectivity index (χ1) is 8.95. The molecule has 0 aliphatic rings. The fourth-order valence-electron chi connectivity index (χ4n) is 1.22. The molecule has 102 valence electrons. The standard InChI is InChI=1S/C10H12N4O5/c1-3-19-8(15)4-6(2)12-10(16)9-7(14(17)18)5-11-13-9/h4-5H,3H2,1-2H3,(H,11,13)(H,12,16)/b6-4+. The van der Waals surface area contributed by atoms with E-state index in [0.717, 1.165) is 12.3 Å². The maximum Gasteiger partial charge on any atom is 0.332 e. The zero-order valence-corrected chi connectivity index (χ0v) is 10.3. The maximum atomic E-state index is 11.7. The van der Waals surface area contributed by atoms with Gasteiger partial charge in [0.25, 0.3) is 5.91 Å². The van der Waals surface area contributed by atoms with Crippen molar-refractivity contribution in [2.24, 2.45) is 0 Å². The van der Waals surface area contributed by atoms with Crippen LogP contribution in [-0.2, 0) is 9.53 Å². The van der Waals surface area contributed by atoms with E-state index in [9.17, 15) is 19.7 Å². The maximum absolute atomic E-state index is 11.7. The lowest BCUT2D eigenvalue weighted by Crippen LogP contribution is -2.23. The van der Waals surface area contributed by atoms with Crippen LogP contribution >= 0.6 is 0 Å². The van der Waals surface area contributed by atoms with Crippen LogP contribution in [0.4, 0.5) is 5.69 Å². The second kappa shape index (κ2) is 6.28. The molecule has 0 fully saturated rings. The molecule has 1 amide bonds. The molecule has 1 aromatic heterocycles. The number of rotatable bonds is 5. The van der Waals surface area contributed by atoms with Gasteiger partial charge in [-0.05, 0) is 13.8 Å². The highest BCUT2D eigenvalue weighted by molar-refractivity contribution is 5.97. The largest absolute Gasteiger partial charge is 0.463 e. The molecule has 1 rings (SSSR count). The first kappa shape index (κ1) is 14.4. The van der Waals surface area contributed by atoms with E-state index in [0.29, 0.717) is 0 Å². The molecule has 9 heteroatoms. The van der Waals surface area contributed by atoms with Gasteiger partial charge >= 0.3 is 11.7 Å². The Balaban J connectivity index is 2.77. The molecule has 0 atom stereocenters. The van der Waals surface area contributed by atoms with Crippen LogP contribution in [-0.4, -0.2) is 33.6 Å². The summed E-state index contributed by atoms with van der Waals surface area (Å²) in [6, 6.07) is 0. The van der Waals surface area contributed by atoms with Crippen molar-refractivity contribution in [2.75, 3.05) is 6.61 Å². The molecule has 0 bridgehead atoms. The van der Waals surface area contributed by atoms with Gasteiger partial charge in [-0.1, -0.05) is 0 Å². The highest BCUT2D eigenvalue weighted by Crippen LogP contribution is 2.14. The minimum absolute atomic E-state index is 0.201. The number of hydrogen-bond acceptors (Lipinski definition) is 6. The van der Waals surface area contributed by atoms with Gasteiger partial charge in [0.2, 0.25) is 5.69 Å². The van der Waals surface area contributed by atoms with E-state index in [2.05, 4.69) is 20.3 Å². The molecule has 0 unspecified atom stereocenters.